The second-order valence-corrected chi connectivity index (χ2v) is 7.30. The number of aryl methyl sites for hydroxylation is 1. The maximum Gasteiger partial charge on any atom is 0.254 e. The third kappa shape index (κ3) is 4.55. The second kappa shape index (κ2) is 8.54. The maximum atomic E-state index is 12.4. The zero-order valence-electron chi connectivity index (χ0n) is 15.4. The van der Waals surface area contributed by atoms with Crippen molar-refractivity contribution in [2.45, 2.75) is 38.7 Å². The van der Waals surface area contributed by atoms with Crippen LogP contribution in [0.2, 0.25) is 0 Å². The first kappa shape index (κ1) is 18.7. The number of para-hydroxylation sites is 1. The fourth-order valence-corrected chi connectivity index (χ4v) is 3.71. The normalized spacial score (nSPS) is 19.7. The van der Waals surface area contributed by atoms with E-state index >= 15 is 0 Å². The lowest BCUT2D eigenvalue weighted by Gasteiger charge is -2.34. The number of aliphatic hydroxyl groups excluding tert-OH is 1. The highest BCUT2D eigenvalue weighted by Crippen LogP contribution is 2.22. The monoisotopic (exact) mass is 360 g/mol. The Hall–Kier alpha value is -2.08. The molecule has 0 saturated carbocycles. The van der Waals surface area contributed by atoms with Crippen LogP contribution in [0.5, 0.6) is 5.75 Å². The number of hydrogen-bond acceptors (Lipinski definition) is 4. The highest BCUT2D eigenvalue weighted by molar-refractivity contribution is 5.81. The van der Waals surface area contributed by atoms with Gasteiger partial charge in [-0.2, -0.15) is 0 Å². The lowest BCUT2D eigenvalue weighted by molar-refractivity contribution is -0.143. The number of piperidine rings is 1. The van der Waals surface area contributed by atoms with Crippen LogP contribution in [0.3, 0.4) is 0 Å². The average Bonchev–Trinajstić information content (AvgIpc) is 3.05. The minimum atomic E-state index is -1.15. The fraction of sp³-hybridized carbons (Fsp3) is 0.600. The van der Waals surface area contributed by atoms with Gasteiger partial charge in [-0.15, -0.1) is 0 Å². The molecule has 26 heavy (non-hydrogen) atoms. The molecule has 2 saturated heterocycles. The molecule has 6 heteroatoms. The van der Waals surface area contributed by atoms with E-state index in [0.717, 1.165) is 37.9 Å². The van der Waals surface area contributed by atoms with Gasteiger partial charge in [0.2, 0.25) is 5.91 Å². The van der Waals surface area contributed by atoms with Crippen molar-refractivity contribution in [3.63, 3.8) is 0 Å². The van der Waals surface area contributed by atoms with Gasteiger partial charge in [-0.25, -0.2) is 0 Å². The molecule has 1 aromatic rings. The van der Waals surface area contributed by atoms with E-state index in [1.54, 1.807) is 4.90 Å². The number of nitrogens with zero attached hydrogens (tertiary/aromatic N) is 2. The van der Waals surface area contributed by atoms with E-state index in [0.29, 0.717) is 31.2 Å². The molecule has 1 N–H and O–H groups in total. The number of ether oxygens (including phenoxy) is 1. The molecule has 0 aromatic heterocycles. The van der Waals surface area contributed by atoms with Gasteiger partial charge in [-0.05, 0) is 43.7 Å². The SMILES string of the molecule is Cc1ccccc1OC[C@H](O)C(=O)N1CCC(CN2CCCC2=O)CC1. The highest BCUT2D eigenvalue weighted by atomic mass is 16.5. The quantitative estimate of drug-likeness (QED) is 0.836. The molecule has 3 rings (SSSR count). The first-order valence-electron chi connectivity index (χ1n) is 9.47. The first-order valence-corrected chi connectivity index (χ1v) is 9.47. The van der Waals surface area contributed by atoms with Crippen LogP contribution in [-0.4, -0.2) is 65.6 Å². The molecule has 1 atom stereocenters. The smallest absolute Gasteiger partial charge is 0.254 e. The summed E-state index contributed by atoms with van der Waals surface area (Å²) in [6.07, 6.45) is 2.24. The standard InChI is InChI=1S/C20H28N2O4/c1-15-5-2-3-6-18(15)26-14-17(23)20(25)21-11-8-16(9-12-21)13-22-10-4-7-19(22)24/h2-3,5-6,16-17,23H,4,7-14H2,1H3/t17-/m0/s1. The topological polar surface area (TPSA) is 70.1 Å². The number of rotatable bonds is 6. The summed E-state index contributed by atoms with van der Waals surface area (Å²) in [7, 11) is 0. The predicted molar refractivity (Wildman–Crippen MR) is 97.8 cm³/mol. The molecule has 0 bridgehead atoms. The van der Waals surface area contributed by atoms with Crippen molar-refractivity contribution in [3.8, 4) is 5.75 Å². The van der Waals surface area contributed by atoms with Crippen molar-refractivity contribution in [1.29, 1.82) is 0 Å². The number of benzene rings is 1. The summed E-state index contributed by atoms with van der Waals surface area (Å²) >= 11 is 0. The Bertz CT molecular complexity index is 640. The Labute approximate surface area is 154 Å². The average molecular weight is 360 g/mol. The molecule has 6 nitrogen and oxygen atoms in total. The van der Waals surface area contributed by atoms with E-state index in [-0.39, 0.29) is 18.4 Å². The number of aliphatic hydroxyl groups is 1. The van der Waals surface area contributed by atoms with E-state index in [4.69, 9.17) is 4.74 Å². The van der Waals surface area contributed by atoms with E-state index < -0.39 is 6.10 Å². The number of likely N-dealkylation sites (tertiary alicyclic amines) is 2. The molecule has 0 radical (unpaired) electrons. The molecule has 2 aliphatic heterocycles. The highest BCUT2D eigenvalue weighted by Gasteiger charge is 2.30. The molecule has 142 valence electrons. The lowest BCUT2D eigenvalue weighted by atomic mass is 9.96. The summed E-state index contributed by atoms with van der Waals surface area (Å²) in [5.74, 6) is 1.12. The van der Waals surface area contributed by atoms with Gasteiger partial charge < -0.3 is 19.6 Å². The van der Waals surface area contributed by atoms with E-state index in [1.165, 1.54) is 0 Å². The van der Waals surface area contributed by atoms with Crippen molar-refractivity contribution in [2.24, 2.45) is 5.92 Å². The van der Waals surface area contributed by atoms with Crippen LogP contribution >= 0.6 is 0 Å². The van der Waals surface area contributed by atoms with E-state index in [2.05, 4.69) is 0 Å². The largest absolute Gasteiger partial charge is 0.490 e. The van der Waals surface area contributed by atoms with Crippen LogP contribution in [0.4, 0.5) is 0 Å². The van der Waals surface area contributed by atoms with Crippen LogP contribution in [0.15, 0.2) is 24.3 Å². The van der Waals surface area contributed by atoms with Crippen molar-refractivity contribution >= 4 is 11.8 Å². The molecule has 0 unspecified atom stereocenters. The molecule has 2 heterocycles. The molecule has 2 amide bonds. The van der Waals surface area contributed by atoms with E-state index in [1.807, 2.05) is 36.1 Å². The number of hydrogen-bond donors (Lipinski definition) is 1. The van der Waals surface area contributed by atoms with Gasteiger partial charge in [0.1, 0.15) is 12.4 Å². The summed E-state index contributed by atoms with van der Waals surface area (Å²) < 4.78 is 5.59. The fourth-order valence-electron chi connectivity index (χ4n) is 3.71. The van der Waals surface area contributed by atoms with Crippen LogP contribution in [0.25, 0.3) is 0 Å². The van der Waals surface area contributed by atoms with Crippen LogP contribution in [0, 0.1) is 12.8 Å². The maximum absolute atomic E-state index is 12.4. The Kier molecular flexibility index (Phi) is 6.14. The number of amides is 2. The molecule has 2 fully saturated rings. The first-order chi connectivity index (χ1) is 12.5. The van der Waals surface area contributed by atoms with Gasteiger partial charge in [-0.1, -0.05) is 18.2 Å². The predicted octanol–water partition coefficient (Wildman–Crippen LogP) is 1.60. The van der Waals surface area contributed by atoms with Gasteiger partial charge in [-0.3, -0.25) is 9.59 Å². The van der Waals surface area contributed by atoms with Gasteiger partial charge in [0.05, 0.1) is 0 Å². The minimum absolute atomic E-state index is 0.0358. The summed E-state index contributed by atoms with van der Waals surface area (Å²) in [6.45, 7) is 4.83. The van der Waals surface area contributed by atoms with Gasteiger partial charge >= 0.3 is 0 Å². The number of carbonyl (C=O) groups is 2. The Morgan fingerprint density at radius 2 is 2.00 bits per heavy atom. The van der Waals surface area contributed by atoms with Gasteiger partial charge in [0.15, 0.2) is 6.10 Å². The van der Waals surface area contributed by atoms with Crippen molar-refractivity contribution in [2.75, 3.05) is 32.8 Å². The number of carbonyl (C=O) groups excluding carboxylic acids is 2. The van der Waals surface area contributed by atoms with Crippen LogP contribution < -0.4 is 4.74 Å². The van der Waals surface area contributed by atoms with Crippen molar-refractivity contribution < 1.29 is 19.4 Å². The Balaban J connectivity index is 1.42. The third-order valence-electron chi connectivity index (χ3n) is 5.35. The molecule has 2 aliphatic rings. The Morgan fingerprint density at radius 1 is 1.27 bits per heavy atom. The zero-order chi connectivity index (χ0) is 18.5. The van der Waals surface area contributed by atoms with Crippen molar-refractivity contribution in [3.05, 3.63) is 29.8 Å². The Morgan fingerprint density at radius 3 is 2.65 bits per heavy atom. The summed E-state index contributed by atoms with van der Waals surface area (Å²) in [5.41, 5.74) is 0.976. The molecule has 1 aromatic carbocycles. The van der Waals surface area contributed by atoms with Gasteiger partial charge in [0, 0.05) is 32.6 Å². The van der Waals surface area contributed by atoms with Crippen molar-refractivity contribution in [1.82, 2.24) is 9.80 Å². The zero-order valence-corrected chi connectivity index (χ0v) is 15.4. The molecule has 0 aliphatic carbocycles. The van der Waals surface area contributed by atoms with E-state index in [9.17, 15) is 14.7 Å². The molecular formula is C20H28N2O4. The summed E-state index contributed by atoms with van der Waals surface area (Å²) in [4.78, 5) is 27.8. The second-order valence-electron chi connectivity index (χ2n) is 7.30. The van der Waals surface area contributed by atoms with Crippen LogP contribution in [-0.2, 0) is 9.59 Å². The van der Waals surface area contributed by atoms with Gasteiger partial charge in [0.25, 0.3) is 5.91 Å². The summed E-state index contributed by atoms with van der Waals surface area (Å²) in [6, 6.07) is 7.55. The summed E-state index contributed by atoms with van der Waals surface area (Å²) in [5, 5.41) is 10.2. The molecule has 0 spiro atoms. The molecular weight excluding hydrogens is 332 g/mol. The lowest BCUT2D eigenvalue weighted by Crippen LogP contribution is -2.47. The van der Waals surface area contributed by atoms with Crippen LogP contribution in [0.1, 0.15) is 31.2 Å². The third-order valence-corrected chi connectivity index (χ3v) is 5.35. The minimum Gasteiger partial charge on any atom is -0.490 e.